The fraction of sp³-hybridized carbons (Fsp3) is 0.650. The second kappa shape index (κ2) is 10.1. The van der Waals surface area contributed by atoms with E-state index in [0.717, 1.165) is 24.0 Å². The second-order valence-corrected chi connectivity index (χ2v) is 8.34. The number of hydrogen-bond acceptors (Lipinski definition) is 4. The topological polar surface area (TPSA) is 53.6 Å². The number of ether oxygens (including phenoxy) is 1. The van der Waals surface area contributed by atoms with Crippen molar-refractivity contribution in [2.24, 2.45) is 5.92 Å². The summed E-state index contributed by atoms with van der Waals surface area (Å²) in [6.45, 7) is 5.73. The van der Waals surface area contributed by atoms with Crippen molar-refractivity contribution in [3.63, 3.8) is 0 Å². The lowest BCUT2D eigenvalue weighted by atomic mass is 9.94. The van der Waals surface area contributed by atoms with Gasteiger partial charge < -0.3 is 20.3 Å². The van der Waals surface area contributed by atoms with Crippen molar-refractivity contribution < 1.29 is 9.53 Å². The van der Waals surface area contributed by atoms with Crippen LogP contribution in [0, 0.1) is 5.92 Å². The SMILES string of the molecule is CCOc1ccc(NC(=O)NCC2CCN(C3CCSCC3)CC2)cc1. The van der Waals surface area contributed by atoms with Gasteiger partial charge >= 0.3 is 6.03 Å². The molecule has 1 aromatic carbocycles. The first-order valence-corrected chi connectivity index (χ1v) is 11.0. The number of nitrogens with one attached hydrogen (secondary N) is 2. The average molecular weight is 378 g/mol. The minimum absolute atomic E-state index is 0.124. The predicted molar refractivity (Wildman–Crippen MR) is 109 cm³/mol. The summed E-state index contributed by atoms with van der Waals surface area (Å²) in [5.74, 6) is 4.05. The number of carbonyl (C=O) groups excluding carboxylic acids is 1. The third-order valence-corrected chi connectivity index (χ3v) is 6.38. The highest BCUT2D eigenvalue weighted by Gasteiger charge is 2.26. The molecule has 2 amide bonds. The normalized spacial score (nSPS) is 19.9. The van der Waals surface area contributed by atoms with Crippen molar-refractivity contribution in [1.29, 1.82) is 0 Å². The molecule has 2 aliphatic rings. The van der Waals surface area contributed by atoms with Gasteiger partial charge in [0.1, 0.15) is 5.75 Å². The van der Waals surface area contributed by atoms with Crippen molar-refractivity contribution in [3.05, 3.63) is 24.3 Å². The van der Waals surface area contributed by atoms with E-state index in [9.17, 15) is 4.79 Å². The van der Waals surface area contributed by atoms with Crippen LogP contribution >= 0.6 is 11.8 Å². The van der Waals surface area contributed by atoms with Crippen LogP contribution in [-0.2, 0) is 0 Å². The van der Waals surface area contributed by atoms with Crippen LogP contribution in [0.25, 0.3) is 0 Å². The number of thioether (sulfide) groups is 1. The van der Waals surface area contributed by atoms with Crippen LogP contribution in [-0.4, -0.2) is 54.7 Å². The smallest absolute Gasteiger partial charge is 0.319 e. The molecule has 0 aliphatic carbocycles. The summed E-state index contributed by atoms with van der Waals surface area (Å²) in [5, 5.41) is 5.92. The van der Waals surface area contributed by atoms with E-state index in [2.05, 4.69) is 27.3 Å². The van der Waals surface area contributed by atoms with E-state index >= 15 is 0 Å². The lowest BCUT2D eigenvalue weighted by Gasteiger charge is -2.39. The molecule has 0 atom stereocenters. The molecule has 3 rings (SSSR count). The van der Waals surface area contributed by atoms with Gasteiger partial charge in [0.2, 0.25) is 0 Å². The number of urea groups is 1. The molecule has 0 radical (unpaired) electrons. The van der Waals surface area contributed by atoms with E-state index in [1.54, 1.807) is 0 Å². The molecule has 2 heterocycles. The molecule has 144 valence electrons. The average Bonchev–Trinajstić information content (AvgIpc) is 2.69. The van der Waals surface area contributed by atoms with Gasteiger partial charge in [0, 0.05) is 18.3 Å². The Labute approximate surface area is 161 Å². The minimum Gasteiger partial charge on any atom is -0.494 e. The number of rotatable bonds is 6. The molecule has 5 nitrogen and oxygen atoms in total. The lowest BCUT2D eigenvalue weighted by Crippen LogP contribution is -2.45. The molecule has 6 heteroatoms. The van der Waals surface area contributed by atoms with Gasteiger partial charge in [-0.1, -0.05) is 0 Å². The summed E-state index contributed by atoms with van der Waals surface area (Å²) in [6.07, 6.45) is 5.07. The molecular weight excluding hydrogens is 346 g/mol. The Bertz CT molecular complexity index is 553. The lowest BCUT2D eigenvalue weighted by molar-refractivity contribution is 0.125. The Morgan fingerprint density at radius 2 is 1.85 bits per heavy atom. The van der Waals surface area contributed by atoms with Gasteiger partial charge in [0.25, 0.3) is 0 Å². The molecule has 1 aromatic rings. The zero-order valence-electron chi connectivity index (χ0n) is 15.7. The summed E-state index contributed by atoms with van der Waals surface area (Å²) >= 11 is 2.09. The maximum absolute atomic E-state index is 12.1. The summed E-state index contributed by atoms with van der Waals surface area (Å²) in [7, 11) is 0. The van der Waals surface area contributed by atoms with E-state index in [4.69, 9.17) is 4.74 Å². The minimum atomic E-state index is -0.124. The van der Waals surface area contributed by atoms with Gasteiger partial charge in [0.05, 0.1) is 6.61 Å². The molecule has 0 unspecified atom stereocenters. The van der Waals surface area contributed by atoms with Crippen LogP contribution in [0.1, 0.15) is 32.6 Å². The van der Waals surface area contributed by atoms with Gasteiger partial charge in [-0.3, -0.25) is 0 Å². The highest BCUT2D eigenvalue weighted by Crippen LogP contribution is 2.26. The van der Waals surface area contributed by atoms with Crippen LogP contribution in [0.15, 0.2) is 24.3 Å². The van der Waals surface area contributed by atoms with Crippen molar-refractivity contribution >= 4 is 23.5 Å². The highest BCUT2D eigenvalue weighted by molar-refractivity contribution is 7.99. The van der Waals surface area contributed by atoms with Crippen molar-refractivity contribution in [2.75, 3.05) is 43.1 Å². The Kier molecular flexibility index (Phi) is 7.50. The fourth-order valence-electron chi connectivity index (χ4n) is 3.79. The van der Waals surface area contributed by atoms with Crippen molar-refractivity contribution in [2.45, 2.75) is 38.6 Å². The molecule has 0 spiro atoms. The maximum atomic E-state index is 12.1. The Hall–Kier alpha value is -1.40. The Morgan fingerprint density at radius 3 is 2.50 bits per heavy atom. The van der Waals surface area contributed by atoms with E-state index in [-0.39, 0.29) is 6.03 Å². The predicted octanol–water partition coefficient (Wildman–Crippen LogP) is 3.81. The maximum Gasteiger partial charge on any atom is 0.319 e. The fourth-order valence-corrected chi connectivity index (χ4v) is 4.87. The summed E-state index contributed by atoms with van der Waals surface area (Å²) < 4.78 is 5.41. The largest absolute Gasteiger partial charge is 0.494 e. The molecule has 2 aliphatic heterocycles. The molecule has 0 aromatic heterocycles. The molecule has 26 heavy (non-hydrogen) atoms. The van der Waals surface area contributed by atoms with Gasteiger partial charge in [-0.2, -0.15) is 11.8 Å². The van der Waals surface area contributed by atoms with Crippen LogP contribution < -0.4 is 15.4 Å². The third-order valence-electron chi connectivity index (χ3n) is 5.33. The van der Waals surface area contributed by atoms with E-state index in [1.807, 2.05) is 31.2 Å². The number of hydrogen-bond donors (Lipinski definition) is 2. The number of likely N-dealkylation sites (tertiary alicyclic amines) is 1. The van der Waals surface area contributed by atoms with Crippen LogP contribution in [0.2, 0.25) is 0 Å². The van der Waals surface area contributed by atoms with Crippen LogP contribution in [0.5, 0.6) is 5.75 Å². The first kappa shape index (κ1) is 19.4. The second-order valence-electron chi connectivity index (χ2n) is 7.12. The zero-order valence-corrected chi connectivity index (χ0v) is 16.5. The molecule has 2 fully saturated rings. The Morgan fingerprint density at radius 1 is 1.15 bits per heavy atom. The highest BCUT2D eigenvalue weighted by atomic mass is 32.2. The number of anilines is 1. The number of nitrogens with zero attached hydrogens (tertiary/aromatic N) is 1. The standard InChI is InChI=1S/C20H31N3O2S/c1-2-25-19-5-3-17(4-6-19)22-20(24)21-15-16-7-11-23(12-8-16)18-9-13-26-14-10-18/h3-6,16,18H,2,7-15H2,1H3,(H2,21,22,24). The van der Waals surface area contributed by atoms with E-state index < -0.39 is 0 Å². The first-order valence-electron chi connectivity index (χ1n) is 9.84. The Balaban J connectivity index is 1.34. The zero-order chi connectivity index (χ0) is 18.2. The quantitative estimate of drug-likeness (QED) is 0.791. The number of amides is 2. The molecular formula is C20H31N3O2S. The molecule has 2 saturated heterocycles. The van der Waals surface area contributed by atoms with Crippen molar-refractivity contribution in [1.82, 2.24) is 10.2 Å². The van der Waals surface area contributed by atoms with E-state index in [0.29, 0.717) is 12.5 Å². The van der Waals surface area contributed by atoms with Crippen LogP contribution in [0.3, 0.4) is 0 Å². The number of piperidine rings is 1. The monoisotopic (exact) mass is 377 g/mol. The molecule has 0 saturated carbocycles. The van der Waals surface area contributed by atoms with Gasteiger partial charge in [0.15, 0.2) is 0 Å². The summed E-state index contributed by atoms with van der Waals surface area (Å²) in [4.78, 5) is 14.8. The third kappa shape index (κ3) is 5.81. The van der Waals surface area contributed by atoms with E-state index in [1.165, 1.54) is 50.3 Å². The van der Waals surface area contributed by atoms with Crippen molar-refractivity contribution in [3.8, 4) is 5.75 Å². The van der Waals surface area contributed by atoms with Gasteiger partial charge in [-0.25, -0.2) is 4.79 Å². The summed E-state index contributed by atoms with van der Waals surface area (Å²) in [6, 6.07) is 8.16. The summed E-state index contributed by atoms with van der Waals surface area (Å²) in [5.41, 5.74) is 0.788. The molecule has 0 bridgehead atoms. The van der Waals surface area contributed by atoms with Crippen LogP contribution in [0.4, 0.5) is 10.5 Å². The van der Waals surface area contributed by atoms with Gasteiger partial charge in [-0.15, -0.1) is 0 Å². The molecule has 2 N–H and O–H groups in total. The number of benzene rings is 1. The first-order chi connectivity index (χ1) is 12.7. The van der Waals surface area contributed by atoms with Gasteiger partial charge in [-0.05, 0) is 87.4 Å². The number of carbonyl (C=O) groups is 1.